The number of hydrogen-bond donors (Lipinski definition) is 0. The molecule has 0 bridgehead atoms. The lowest BCUT2D eigenvalue weighted by atomic mass is 10.7. The van der Waals surface area contributed by atoms with Gasteiger partial charge in [0.05, 0.1) is 6.61 Å². The second kappa shape index (κ2) is 5.22. The molecule has 0 aliphatic heterocycles. The second-order valence-electron chi connectivity index (χ2n) is 1.45. The Balaban J connectivity index is 3.76. The van der Waals surface area contributed by atoms with Gasteiger partial charge < -0.3 is 4.74 Å². The molecule has 5 heteroatoms. The van der Waals surface area contributed by atoms with Crippen LogP contribution in [0.15, 0.2) is 5.18 Å². The zero-order valence-corrected chi connectivity index (χ0v) is 6.68. The Morgan fingerprint density at radius 1 is 1.80 bits per heavy atom. The van der Waals surface area contributed by atoms with Crippen LogP contribution in [-0.2, 0) is 9.53 Å². The summed E-state index contributed by atoms with van der Waals surface area (Å²) in [6, 6.07) is 0. The summed E-state index contributed by atoms with van der Waals surface area (Å²) in [5.41, 5.74) is 0. The molecule has 0 amide bonds. The van der Waals surface area contributed by atoms with Crippen LogP contribution in [0.1, 0.15) is 6.92 Å². The molecule has 0 fully saturated rings. The van der Waals surface area contributed by atoms with Crippen molar-refractivity contribution >= 4 is 17.7 Å². The van der Waals surface area contributed by atoms with Gasteiger partial charge in [0, 0.05) is 0 Å². The molecule has 0 rings (SSSR count). The maximum Gasteiger partial charge on any atom is 0.345 e. The van der Waals surface area contributed by atoms with E-state index in [0.29, 0.717) is 0 Å². The first-order chi connectivity index (χ1) is 4.76. The molecule has 4 nitrogen and oxygen atoms in total. The van der Waals surface area contributed by atoms with Crippen LogP contribution < -0.4 is 0 Å². The van der Waals surface area contributed by atoms with Crippen molar-refractivity contribution in [3.8, 4) is 0 Å². The molecule has 0 aliphatic carbocycles. The maximum atomic E-state index is 10.7. The highest BCUT2D eigenvalue weighted by Gasteiger charge is 2.17. The van der Waals surface area contributed by atoms with Crippen LogP contribution >= 0.6 is 11.8 Å². The van der Waals surface area contributed by atoms with Crippen LogP contribution in [0.2, 0.25) is 0 Å². The van der Waals surface area contributed by atoms with Crippen molar-refractivity contribution in [2.45, 2.75) is 12.3 Å². The molecule has 0 aromatic rings. The Bertz CT molecular complexity index is 128. The largest absolute Gasteiger partial charge is 0.464 e. The third-order valence-corrected chi connectivity index (χ3v) is 1.53. The molecule has 0 saturated heterocycles. The zero-order valence-electron chi connectivity index (χ0n) is 5.86. The molecule has 58 valence electrons. The SMILES string of the molecule is CCOC(=O)C(N=O)SC. The fourth-order valence-corrected chi connectivity index (χ4v) is 0.742. The summed E-state index contributed by atoms with van der Waals surface area (Å²) in [6.45, 7) is 1.96. The van der Waals surface area contributed by atoms with Crippen molar-refractivity contribution in [1.82, 2.24) is 0 Å². The molecule has 0 aromatic carbocycles. The van der Waals surface area contributed by atoms with Crippen LogP contribution in [0.25, 0.3) is 0 Å². The van der Waals surface area contributed by atoms with E-state index in [9.17, 15) is 9.70 Å². The minimum atomic E-state index is -0.903. The van der Waals surface area contributed by atoms with Gasteiger partial charge in [-0.05, 0) is 18.4 Å². The highest BCUT2D eigenvalue weighted by atomic mass is 32.2. The lowest BCUT2D eigenvalue weighted by molar-refractivity contribution is -0.142. The molecule has 0 N–H and O–H groups in total. The average molecular weight is 163 g/mol. The van der Waals surface area contributed by atoms with E-state index in [-0.39, 0.29) is 6.61 Å². The normalized spacial score (nSPS) is 12.2. The number of nitrogens with zero attached hydrogens (tertiary/aromatic N) is 1. The van der Waals surface area contributed by atoms with Crippen molar-refractivity contribution in [2.24, 2.45) is 5.18 Å². The quantitative estimate of drug-likeness (QED) is 0.458. The summed E-state index contributed by atoms with van der Waals surface area (Å²) in [5, 5.41) is 1.66. The predicted molar refractivity (Wildman–Crippen MR) is 39.7 cm³/mol. The number of esters is 1. The summed E-state index contributed by atoms with van der Waals surface area (Å²) < 4.78 is 4.53. The molecule has 1 atom stereocenters. The summed E-state index contributed by atoms with van der Waals surface area (Å²) in [6.07, 6.45) is 1.63. The predicted octanol–water partition coefficient (Wildman–Crippen LogP) is 1.00. The van der Waals surface area contributed by atoms with Crippen molar-refractivity contribution in [2.75, 3.05) is 12.9 Å². The summed E-state index contributed by atoms with van der Waals surface area (Å²) in [4.78, 5) is 20.5. The van der Waals surface area contributed by atoms with Crippen molar-refractivity contribution in [3.05, 3.63) is 4.91 Å². The summed E-state index contributed by atoms with van der Waals surface area (Å²) >= 11 is 1.06. The maximum absolute atomic E-state index is 10.7. The molecule has 0 radical (unpaired) electrons. The van der Waals surface area contributed by atoms with Gasteiger partial charge in [0.15, 0.2) is 0 Å². The number of ether oxygens (including phenoxy) is 1. The van der Waals surface area contributed by atoms with Crippen molar-refractivity contribution in [3.63, 3.8) is 0 Å². The van der Waals surface area contributed by atoms with Gasteiger partial charge in [-0.3, -0.25) is 0 Å². The molecule has 1 unspecified atom stereocenters. The molecule has 10 heavy (non-hydrogen) atoms. The van der Waals surface area contributed by atoms with Gasteiger partial charge in [0.2, 0.25) is 5.37 Å². The Labute approximate surface area is 63.3 Å². The molecule has 0 heterocycles. The van der Waals surface area contributed by atoms with Gasteiger partial charge in [-0.2, -0.15) is 0 Å². The summed E-state index contributed by atoms with van der Waals surface area (Å²) in [5.74, 6) is -0.565. The average Bonchev–Trinajstić information content (AvgIpc) is 1.91. The molecule has 0 aliphatic rings. The topological polar surface area (TPSA) is 55.7 Å². The number of thioether (sulfide) groups is 1. The molecular formula is C5H9NO3S. The lowest BCUT2D eigenvalue weighted by Crippen LogP contribution is -2.16. The Morgan fingerprint density at radius 2 is 2.40 bits per heavy atom. The fraction of sp³-hybridized carbons (Fsp3) is 0.800. The van der Waals surface area contributed by atoms with E-state index >= 15 is 0 Å². The van der Waals surface area contributed by atoms with E-state index in [0.717, 1.165) is 11.8 Å². The van der Waals surface area contributed by atoms with E-state index in [2.05, 4.69) is 9.91 Å². The highest BCUT2D eigenvalue weighted by Crippen LogP contribution is 2.08. The first kappa shape index (κ1) is 9.42. The molecule has 0 aromatic heterocycles. The van der Waals surface area contributed by atoms with E-state index in [1.165, 1.54) is 0 Å². The Morgan fingerprint density at radius 3 is 2.70 bits per heavy atom. The van der Waals surface area contributed by atoms with Crippen LogP contribution in [0.4, 0.5) is 0 Å². The van der Waals surface area contributed by atoms with E-state index in [1.807, 2.05) is 0 Å². The fourth-order valence-electron chi connectivity index (χ4n) is 0.396. The smallest absolute Gasteiger partial charge is 0.345 e. The van der Waals surface area contributed by atoms with Crippen LogP contribution in [0.3, 0.4) is 0 Å². The Hall–Kier alpha value is -0.580. The zero-order chi connectivity index (χ0) is 7.98. The molecule has 0 spiro atoms. The highest BCUT2D eigenvalue weighted by molar-refractivity contribution is 7.99. The number of rotatable bonds is 4. The number of carbonyl (C=O) groups excluding carboxylic acids is 1. The molecular weight excluding hydrogens is 154 g/mol. The van der Waals surface area contributed by atoms with Gasteiger partial charge in [-0.25, -0.2) is 4.79 Å². The number of hydrogen-bond acceptors (Lipinski definition) is 5. The van der Waals surface area contributed by atoms with Crippen molar-refractivity contribution in [1.29, 1.82) is 0 Å². The second-order valence-corrected chi connectivity index (χ2v) is 2.36. The van der Waals surface area contributed by atoms with E-state index in [4.69, 9.17) is 0 Å². The summed E-state index contributed by atoms with van der Waals surface area (Å²) in [7, 11) is 0. The van der Waals surface area contributed by atoms with Crippen LogP contribution in [0.5, 0.6) is 0 Å². The van der Waals surface area contributed by atoms with E-state index in [1.54, 1.807) is 13.2 Å². The first-order valence-electron chi connectivity index (χ1n) is 2.78. The number of carbonyl (C=O) groups is 1. The van der Waals surface area contributed by atoms with Gasteiger partial charge >= 0.3 is 5.97 Å². The third-order valence-electron chi connectivity index (χ3n) is 0.807. The van der Waals surface area contributed by atoms with E-state index < -0.39 is 11.3 Å². The number of nitroso groups, excluding NO2 is 1. The van der Waals surface area contributed by atoms with Crippen LogP contribution in [0, 0.1) is 4.91 Å². The van der Waals surface area contributed by atoms with Gasteiger partial charge in [0.1, 0.15) is 0 Å². The van der Waals surface area contributed by atoms with Gasteiger partial charge in [-0.15, -0.1) is 16.7 Å². The standard InChI is InChI=1S/C5H9NO3S/c1-3-9-5(7)4(6-8)10-2/h4H,3H2,1-2H3. The van der Waals surface area contributed by atoms with Gasteiger partial charge in [-0.1, -0.05) is 0 Å². The van der Waals surface area contributed by atoms with Gasteiger partial charge in [0.25, 0.3) is 0 Å². The third kappa shape index (κ3) is 2.82. The van der Waals surface area contributed by atoms with Crippen molar-refractivity contribution < 1.29 is 9.53 Å². The molecule has 0 saturated carbocycles. The lowest BCUT2D eigenvalue weighted by Gasteiger charge is -2.03. The van der Waals surface area contributed by atoms with Crippen LogP contribution in [-0.4, -0.2) is 24.2 Å². The monoisotopic (exact) mass is 163 g/mol. The minimum Gasteiger partial charge on any atom is -0.464 e. The Kier molecular flexibility index (Phi) is 4.92. The first-order valence-corrected chi connectivity index (χ1v) is 4.07. The minimum absolute atomic E-state index is 0.283.